The number of anilines is 1. The lowest BCUT2D eigenvalue weighted by molar-refractivity contribution is 0.0951. The monoisotopic (exact) mass is 418 g/mol. The molecule has 30 heavy (non-hydrogen) atoms. The summed E-state index contributed by atoms with van der Waals surface area (Å²) in [6.45, 7) is 0.548. The molecule has 1 aromatic carbocycles. The number of nitrogens with zero attached hydrogens (tertiary/aromatic N) is 4. The van der Waals surface area contributed by atoms with E-state index in [0.717, 1.165) is 29.8 Å². The molecular weight excluding hydrogens is 400 g/mol. The quantitative estimate of drug-likeness (QED) is 0.495. The van der Waals surface area contributed by atoms with Gasteiger partial charge in [0.05, 0.1) is 34.7 Å². The van der Waals surface area contributed by atoms with Gasteiger partial charge in [-0.15, -0.1) is 0 Å². The van der Waals surface area contributed by atoms with Crippen LogP contribution in [0.4, 0.5) is 5.82 Å². The maximum absolute atomic E-state index is 12.3. The van der Waals surface area contributed by atoms with Gasteiger partial charge in [-0.1, -0.05) is 23.7 Å². The zero-order chi connectivity index (χ0) is 20.5. The molecule has 0 saturated heterocycles. The summed E-state index contributed by atoms with van der Waals surface area (Å²) in [7, 11) is 0. The van der Waals surface area contributed by atoms with Gasteiger partial charge in [-0.3, -0.25) is 14.2 Å². The van der Waals surface area contributed by atoms with E-state index in [1.807, 2.05) is 34.9 Å². The minimum Gasteiger partial charge on any atom is -0.361 e. The molecule has 0 spiro atoms. The first kappa shape index (κ1) is 18.6. The van der Waals surface area contributed by atoms with Crippen molar-refractivity contribution in [3.8, 4) is 11.3 Å². The van der Waals surface area contributed by atoms with Gasteiger partial charge >= 0.3 is 0 Å². The Bertz CT molecular complexity index is 1220. The number of imidazole rings is 1. The van der Waals surface area contributed by atoms with E-state index in [1.54, 1.807) is 30.7 Å². The highest BCUT2D eigenvalue weighted by molar-refractivity contribution is 6.34. The first-order valence-electron chi connectivity index (χ1n) is 9.75. The number of rotatable bonds is 6. The predicted octanol–water partition coefficient (Wildman–Crippen LogP) is 3.95. The number of carbonyl (C=O) groups excluding carboxylic acids is 1. The number of amides is 1. The first-order chi connectivity index (χ1) is 14.7. The Kier molecular flexibility index (Phi) is 4.80. The minimum absolute atomic E-state index is 0.127. The molecule has 5 rings (SSSR count). The molecule has 0 aliphatic heterocycles. The summed E-state index contributed by atoms with van der Waals surface area (Å²) in [5.41, 5.74) is 3.84. The van der Waals surface area contributed by atoms with Crippen molar-refractivity contribution in [3.63, 3.8) is 0 Å². The fourth-order valence-electron chi connectivity index (χ4n) is 3.28. The average Bonchev–Trinajstić information content (AvgIpc) is 3.47. The van der Waals surface area contributed by atoms with Crippen LogP contribution in [0.15, 0.2) is 61.2 Å². The van der Waals surface area contributed by atoms with Gasteiger partial charge in [-0.2, -0.15) is 0 Å². The number of carbonyl (C=O) groups is 1. The van der Waals surface area contributed by atoms with E-state index in [-0.39, 0.29) is 11.9 Å². The van der Waals surface area contributed by atoms with Crippen molar-refractivity contribution in [1.29, 1.82) is 0 Å². The fourth-order valence-corrected chi connectivity index (χ4v) is 3.55. The van der Waals surface area contributed by atoms with Crippen LogP contribution in [-0.4, -0.2) is 31.3 Å². The second-order valence-electron chi connectivity index (χ2n) is 7.23. The van der Waals surface area contributed by atoms with E-state index in [0.29, 0.717) is 28.6 Å². The Morgan fingerprint density at radius 2 is 2.03 bits per heavy atom. The third-order valence-electron chi connectivity index (χ3n) is 5.01. The molecule has 7 nitrogen and oxygen atoms in total. The first-order valence-corrected chi connectivity index (χ1v) is 10.1. The molecule has 1 aliphatic rings. The lowest BCUT2D eigenvalue weighted by Crippen LogP contribution is -2.25. The number of hydrogen-bond acceptors (Lipinski definition) is 5. The maximum atomic E-state index is 12.3. The van der Waals surface area contributed by atoms with Crippen LogP contribution in [-0.2, 0) is 6.54 Å². The summed E-state index contributed by atoms with van der Waals surface area (Å²) in [5.74, 6) is 0.540. The average molecular weight is 419 g/mol. The summed E-state index contributed by atoms with van der Waals surface area (Å²) < 4.78 is 1.95. The Morgan fingerprint density at radius 3 is 2.80 bits per heavy atom. The topological polar surface area (TPSA) is 84.2 Å². The molecule has 0 atom stereocenters. The largest absolute Gasteiger partial charge is 0.361 e. The Balaban J connectivity index is 1.42. The van der Waals surface area contributed by atoms with E-state index in [4.69, 9.17) is 11.6 Å². The summed E-state index contributed by atoms with van der Waals surface area (Å²) in [6.07, 6.45) is 9.18. The van der Waals surface area contributed by atoms with E-state index >= 15 is 0 Å². The Hall–Kier alpha value is -3.45. The fraction of sp³-hybridized carbons (Fsp3) is 0.182. The van der Waals surface area contributed by atoms with Crippen molar-refractivity contribution in [2.24, 2.45) is 0 Å². The predicted molar refractivity (Wildman–Crippen MR) is 115 cm³/mol. The smallest absolute Gasteiger partial charge is 0.253 e. The number of pyridine rings is 1. The lowest BCUT2D eigenvalue weighted by atomic mass is 10.1. The molecule has 3 heterocycles. The van der Waals surface area contributed by atoms with Gasteiger partial charge in [0, 0.05) is 30.2 Å². The molecule has 1 saturated carbocycles. The molecule has 0 unspecified atom stereocenters. The van der Waals surface area contributed by atoms with Crippen molar-refractivity contribution >= 4 is 29.0 Å². The number of nitrogens with one attached hydrogen (secondary N) is 2. The maximum Gasteiger partial charge on any atom is 0.253 e. The molecule has 150 valence electrons. The van der Waals surface area contributed by atoms with E-state index in [9.17, 15) is 4.79 Å². The van der Waals surface area contributed by atoms with Crippen molar-refractivity contribution in [2.45, 2.75) is 25.4 Å². The molecule has 1 aliphatic carbocycles. The molecule has 1 fully saturated rings. The molecule has 2 N–H and O–H groups in total. The summed E-state index contributed by atoms with van der Waals surface area (Å²) >= 11 is 6.42. The minimum atomic E-state index is -0.127. The third-order valence-corrected chi connectivity index (χ3v) is 5.33. The number of aromatic nitrogens is 4. The second kappa shape index (κ2) is 7.76. The molecule has 0 bridgehead atoms. The molecular formula is C22H19ClN6O. The highest BCUT2D eigenvalue weighted by Gasteiger charge is 2.25. The number of benzene rings is 1. The van der Waals surface area contributed by atoms with Gasteiger partial charge in [-0.05, 0) is 37.1 Å². The zero-order valence-electron chi connectivity index (χ0n) is 16.0. The van der Waals surface area contributed by atoms with Crippen LogP contribution in [0, 0.1) is 0 Å². The van der Waals surface area contributed by atoms with E-state index < -0.39 is 0 Å². The van der Waals surface area contributed by atoms with Crippen LogP contribution in [0.3, 0.4) is 0 Å². The standard InChI is InChI=1S/C22H19ClN6O/c23-18-11-14(4-7-17(18)22(30)28-15-5-6-15)19-13-27-21-20(25-9-10-29(19)21)26-12-16-3-1-2-8-24-16/h1-4,7-11,13,15H,5-6,12H2,(H,25,26)(H,28,30). The SMILES string of the molecule is O=C(NC1CC1)c1ccc(-c2cnc3c(NCc4ccccn4)nccn23)cc1Cl. The van der Waals surface area contributed by atoms with E-state index in [1.165, 1.54) is 0 Å². The second-order valence-corrected chi connectivity index (χ2v) is 7.64. The van der Waals surface area contributed by atoms with E-state index in [2.05, 4.69) is 25.6 Å². The lowest BCUT2D eigenvalue weighted by Gasteiger charge is -2.09. The molecule has 0 radical (unpaired) electrons. The highest BCUT2D eigenvalue weighted by Crippen LogP contribution is 2.28. The van der Waals surface area contributed by atoms with Crippen LogP contribution in [0.25, 0.3) is 16.9 Å². The van der Waals surface area contributed by atoms with Crippen molar-refractivity contribution in [1.82, 2.24) is 24.7 Å². The highest BCUT2D eigenvalue weighted by atomic mass is 35.5. The van der Waals surface area contributed by atoms with Crippen molar-refractivity contribution in [2.75, 3.05) is 5.32 Å². The molecule has 8 heteroatoms. The van der Waals surface area contributed by atoms with Gasteiger partial charge in [0.2, 0.25) is 0 Å². The number of fused-ring (bicyclic) bond motifs is 1. The molecule has 1 amide bonds. The number of halogens is 1. The van der Waals surface area contributed by atoms with Gasteiger partial charge < -0.3 is 10.6 Å². The van der Waals surface area contributed by atoms with Crippen LogP contribution in [0.5, 0.6) is 0 Å². The van der Waals surface area contributed by atoms with Crippen molar-refractivity contribution in [3.05, 3.63) is 77.5 Å². The van der Waals surface area contributed by atoms with Crippen LogP contribution in [0.2, 0.25) is 5.02 Å². The van der Waals surface area contributed by atoms with Gasteiger partial charge in [0.15, 0.2) is 11.5 Å². The van der Waals surface area contributed by atoms with Crippen LogP contribution >= 0.6 is 11.6 Å². The Labute approximate surface area is 178 Å². The van der Waals surface area contributed by atoms with Gasteiger partial charge in [0.25, 0.3) is 5.91 Å². The van der Waals surface area contributed by atoms with Crippen LogP contribution in [0.1, 0.15) is 28.9 Å². The summed E-state index contributed by atoms with van der Waals surface area (Å²) in [4.78, 5) is 25.6. The molecule has 3 aromatic heterocycles. The zero-order valence-corrected chi connectivity index (χ0v) is 16.8. The summed E-state index contributed by atoms with van der Waals surface area (Å²) in [5, 5.41) is 6.68. The van der Waals surface area contributed by atoms with Gasteiger partial charge in [-0.25, -0.2) is 9.97 Å². The van der Waals surface area contributed by atoms with Crippen molar-refractivity contribution < 1.29 is 4.79 Å². The van der Waals surface area contributed by atoms with Gasteiger partial charge in [0.1, 0.15) is 0 Å². The summed E-state index contributed by atoms with van der Waals surface area (Å²) in [6, 6.07) is 11.5. The Morgan fingerprint density at radius 1 is 1.13 bits per heavy atom. The van der Waals surface area contributed by atoms with Crippen LogP contribution < -0.4 is 10.6 Å². The third kappa shape index (κ3) is 3.71. The number of hydrogen-bond donors (Lipinski definition) is 2. The normalized spacial score (nSPS) is 13.4. The molecule has 4 aromatic rings.